The Bertz CT molecular complexity index is 333. The second-order valence-electron chi connectivity index (χ2n) is 3.09. The molecular weight excluding hydrogens is 268 g/mol. The Hall–Kier alpha value is -0.780. The van der Waals surface area contributed by atoms with E-state index in [1.165, 1.54) is 4.90 Å². The molecule has 0 amide bonds. The van der Waals surface area contributed by atoms with Gasteiger partial charge in [-0.25, -0.2) is 18.7 Å². The SMILES string of the molecule is CCc1nc(Br)cc(N(C)CC(F)F)n1. The first-order chi connectivity index (χ1) is 7.02. The van der Waals surface area contributed by atoms with Crippen LogP contribution >= 0.6 is 15.9 Å². The fraction of sp³-hybridized carbons (Fsp3) is 0.556. The van der Waals surface area contributed by atoms with Crippen LogP contribution in [0.15, 0.2) is 10.7 Å². The molecule has 6 heteroatoms. The summed E-state index contributed by atoms with van der Waals surface area (Å²) in [6, 6.07) is 1.63. The second-order valence-corrected chi connectivity index (χ2v) is 3.90. The largest absolute Gasteiger partial charge is 0.354 e. The van der Waals surface area contributed by atoms with Crippen molar-refractivity contribution in [3.63, 3.8) is 0 Å². The third-order valence-corrected chi connectivity index (χ3v) is 2.25. The molecule has 0 aliphatic rings. The van der Waals surface area contributed by atoms with Gasteiger partial charge in [-0.05, 0) is 15.9 Å². The maximum atomic E-state index is 12.2. The van der Waals surface area contributed by atoms with E-state index in [9.17, 15) is 8.78 Å². The van der Waals surface area contributed by atoms with Crippen LogP contribution in [0.1, 0.15) is 12.7 Å². The molecule has 3 nitrogen and oxygen atoms in total. The van der Waals surface area contributed by atoms with Gasteiger partial charge in [-0.1, -0.05) is 6.92 Å². The van der Waals surface area contributed by atoms with Gasteiger partial charge in [-0.3, -0.25) is 0 Å². The zero-order chi connectivity index (χ0) is 11.4. The van der Waals surface area contributed by atoms with Crippen molar-refractivity contribution in [1.82, 2.24) is 9.97 Å². The average molecular weight is 280 g/mol. The number of hydrogen-bond donors (Lipinski definition) is 0. The molecule has 0 N–H and O–H groups in total. The van der Waals surface area contributed by atoms with E-state index in [0.29, 0.717) is 22.7 Å². The summed E-state index contributed by atoms with van der Waals surface area (Å²) in [5.41, 5.74) is 0. The Morgan fingerprint density at radius 1 is 1.47 bits per heavy atom. The molecule has 84 valence electrons. The van der Waals surface area contributed by atoms with Crippen molar-refractivity contribution in [2.75, 3.05) is 18.5 Å². The summed E-state index contributed by atoms with van der Waals surface area (Å²) in [5.74, 6) is 1.15. The van der Waals surface area contributed by atoms with Crippen LogP contribution in [0.3, 0.4) is 0 Å². The van der Waals surface area contributed by atoms with Gasteiger partial charge in [0.2, 0.25) is 0 Å². The first-order valence-electron chi connectivity index (χ1n) is 4.55. The van der Waals surface area contributed by atoms with Crippen molar-refractivity contribution in [3.8, 4) is 0 Å². The predicted molar refractivity (Wildman–Crippen MR) is 58.4 cm³/mol. The molecule has 0 fully saturated rings. The van der Waals surface area contributed by atoms with E-state index >= 15 is 0 Å². The number of alkyl halides is 2. The second kappa shape index (κ2) is 5.34. The van der Waals surface area contributed by atoms with E-state index in [2.05, 4.69) is 25.9 Å². The van der Waals surface area contributed by atoms with Gasteiger partial charge in [0, 0.05) is 19.5 Å². The maximum absolute atomic E-state index is 12.2. The molecule has 1 heterocycles. The van der Waals surface area contributed by atoms with Gasteiger partial charge < -0.3 is 4.90 Å². The van der Waals surface area contributed by atoms with Gasteiger partial charge in [0.1, 0.15) is 16.2 Å². The Labute approximate surface area is 95.7 Å². The van der Waals surface area contributed by atoms with Crippen LogP contribution in [0, 0.1) is 0 Å². The Kier molecular flexibility index (Phi) is 4.38. The number of rotatable bonds is 4. The normalized spacial score (nSPS) is 10.8. The fourth-order valence-electron chi connectivity index (χ4n) is 1.11. The minimum atomic E-state index is -2.37. The molecule has 0 radical (unpaired) electrons. The third kappa shape index (κ3) is 3.70. The van der Waals surface area contributed by atoms with Crippen LogP contribution in [0.5, 0.6) is 0 Å². The summed E-state index contributed by atoms with van der Waals surface area (Å²) < 4.78 is 24.9. The van der Waals surface area contributed by atoms with Crippen molar-refractivity contribution in [1.29, 1.82) is 0 Å². The van der Waals surface area contributed by atoms with E-state index in [4.69, 9.17) is 0 Å². The molecule has 0 aromatic carbocycles. The highest BCUT2D eigenvalue weighted by Gasteiger charge is 2.11. The summed E-state index contributed by atoms with van der Waals surface area (Å²) in [5, 5.41) is 0. The van der Waals surface area contributed by atoms with Crippen LogP contribution in [0.4, 0.5) is 14.6 Å². The average Bonchev–Trinajstić information content (AvgIpc) is 2.15. The minimum Gasteiger partial charge on any atom is -0.354 e. The lowest BCUT2D eigenvalue weighted by atomic mass is 10.4. The first-order valence-corrected chi connectivity index (χ1v) is 5.35. The van der Waals surface area contributed by atoms with Crippen molar-refractivity contribution < 1.29 is 8.78 Å². The van der Waals surface area contributed by atoms with E-state index < -0.39 is 6.43 Å². The molecule has 0 saturated heterocycles. The van der Waals surface area contributed by atoms with Gasteiger partial charge in [-0.2, -0.15) is 0 Å². The zero-order valence-corrected chi connectivity index (χ0v) is 10.1. The summed E-state index contributed by atoms with van der Waals surface area (Å²) in [7, 11) is 1.58. The van der Waals surface area contributed by atoms with Gasteiger partial charge in [0.25, 0.3) is 6.43 Å². The highest BCUT2D eigenvalue weighted by Crippen LogP contribution is 2.16. The predicted octanol–water partition coefficient (Wildman–Crippen LogP) is 2.50. The maximum Gasteiger partial charge on any atom is 0.255 e. The molecule has 1 aromatic rings. The number of nitrogens with zero attached hydrogens (tertiary/aromatic N) is 3. The molecular formula is C9H12BrF2N3. The molecule has 0 saturated carbocycles. The molecule has 15 heavy (non-hydrogen) atoms. The summed E-state index contributed by atoms with van der Waals surface area (Å²) in [6.07, 6.45) is -1.69. The lowest BCUT2D eigenvalue weighted by Crippen LogP contribution is -2.25. The van der Waals surface area contributed by atoms with Crippen molar-refractivity contribution in [2.24, 2.45) is 0 Å². The van der Waals surface area contributed by atoms with Crippen molar-refractivity contribution in [3.05, 3.63) is 16.5 Å². The van der Waals surface area contributed by atoms with Crippen LogP contribution in [0.25, 0.3) is 0 Å². The molecule has 1 aromatic heterocycles. The van der Waals surface area contributed by atoms with Crippen LogP contribution in [-0.4, -0.2) is 30.0 Å². The molecule has 0 bridgehead atoms. The van der Waals surface area contributed by atoms with Crippen molar-refractivity contribution >= 4 is 21.7 Å². The smallest absolute Gasteiger partial charge is 0.255 e. The molecule has 1 rings (SSSR count). The topological polar surface area (TPSA) is 29.0 Å². The number of hydrogen-bond acceptors (Lipinski definition) is 3. The molecule has 0 atom stereocenters. The molecule has 0 aliphatic heterocycles. The summed E-state index contributed by atoms with van der Waals surface area (Å²) >= 11 is 3.22. The van der Waals surface area contributed by atoms with E-state index in [-0.39, 0.29) is 6.54 Å². The highest BCUT2D eigenvalue weighted by molar-refractivity contribution is 9.10. The van der Waals surface area contributed by atoms with Gasteiger partial charge >= 0.3 is 0 Å². The molecule has 0 unspecified atom stereocenters. The Morgan fingerprint density at radius 3 is 2.67 bits per heavy atom. The highest BCUT2D eigenvalue weighted by atomic mass is 79.9. The fourth-order valence-corrected chi connectivity index (χ4v) is 1.52. The molecule has 0 spiro atoms. The van der Waals surface area contributed by atoms with Gasteiger partial charge in [-0.15, -0.1) is 0 Å². The lowest BCUT2D eigenvalue weighted by Gasteiger charge is -2.17. The lowest BCUT2D eigenvalue weighted by molar-refractivity contribution is 0.156. The summed E-state index contributed by atoms with van der Waals surface area (Å²) in [6.45, 7) is 1.59. The first kappa shape index (κ1) is 12.3. The van der Waals surface area contributed by atoms with Crippen LogP contribution in [0.2, 0.25) is 0 Å². The number of aryl methyl sites for hydroxylation is 1. The minimum absolute atomic E-state index is 0.327. The summed E-state index contributed by atoms with van der Waals surface area (Å²) in [4.78, 5) is 9.67. The van der Waals surface area contributed by atoms with Crippen LogP contribution in [-0.2, 0) is 6.42 Å². The van der Waals surface area contributed by atoms with E-state index in [1.807, 2.05) is 6.92 Å². The van der Waals surface area contributed by atoms with E-state index in [0.717, 1.165) is 0 Å². The van der Waals surface area contributed by atoms with Gasteiger partial charge in [0.05, 0.1) is 6.54 Å². The Morgan fingerprint density at radius 2 is 2.13 bits per heavy atom. The number of anilines is 1. The third-order valence-electron chi connectivity index (χ3n) is 1.85. The Balaban J connectivity index is 2.88. The van der Waals surface area contributed by atoms with Crippen LogP contribution < -0.4 is 4.90 Å². The standard InChI is InChI=1S/C9H12BrF2N3/c1-3-8-13-6(10)4-9(14-8)15(2)5-7(11)12/h4,7H,3,5H2,1-2H3. The number of halogens is 3. The van der Waals surface area contributed by atoms with Crippen molar-refractivity contribution in [2.45, 2.75) is 19.8 Å². The molecule has 0 aliphatic carbocycles. The van der Waals surface area contributed by atoms with Gasteiger partial charge in [0.15, 0.2) is 0 Å². The number of aromatic nitrogens is 2. The van der Waals surface area contributed by atoms with E-state index in [1.54, 1.807) is 13.1 Å². The quantitative estimate of drug-likeness (QED) is 0.793. The zero-order valence-electron chi connectivity index (χ0n) is 8.54. The monoisotopic (exact) mass is 279 g/mol.